The summed E-state index contributed by atoms with van der Waals surface area (Å²) in [5.74, 6) is 2.35. The van der Waals surface area contributed by atoms with Crippen molar-refractivity contribution in [3.8, 4) is 11.5 Å². The first-order valence-corrected chi connectivity index (χ1v) is 9.71. The Morgan fingerprint density at radius 3 is 2.85 bits per heavy atom. The van der Waals surface area contributed by atoms with Crippen molar-refractivity contribution in [3.05, 3.63) is 53.3 Å². The Balaban J connectivity index is 1.34. The summed E-state index contributed by atoms with van der Waals surface area (Å²) in [4.78, 5) is 10.5. The van der Waals surface area contributed by atoms with Gasteiger partial charge in [0, 0.05) is 30.4 Å². The Hall–Kier alpha value is -2.53. The average molecular weight is 363 g/mol. The Kier molecular flexibility index (Phi) is 4.05. The van der Waals surface area contributed by atoms with Crippen LogP contribution in [0.4, 0.5) is 0 Å². The van der Waals surface area contributed by atoms with Gasteiger partial charge in [-0.15, -0.1) is 0 Å². The standard InChI is InChI=1S/C22H25N3O2/c1-14-9-17-18(21(15-7-8-15)24-22(17)23-10-14)12-25(2)11-16-13-26-19-5-3-4-6-20(19)27-16/h3-6,9-10,15-16H,7-8,11-13H2,1-2H3,(H,23,24)/t16-/m1/s1. The number of nitrogens with one attached hydrogen (secondary N) is 1. The van der Waals surface area contributed by atoms with E-state index >= 15 is 0 Å². The number of rotatable bonds is 5. The van der Waals surface area contributed by atoms with E-state index in [1.54, 1.807) is 0 Å². The van der Waals surface area contributed by atoms with E-state index in [1.165, 1.54) is 35.0 Å². The molecular weight excluding hydrogens is 338 g/mol. The maximum Gasteiger partial charge on any atom is 0.161 e. The van der Waals surface area contributed by atoms with Crippen LogP contribution in [0.3, 0.4) is 0 Å². The van der Waals surface area contributed by atoms with E-state index in [0.29, 0.717) is 12.5 Å². The van der Waals surface area contributed by atoms with Crippen molar-refractivity contribution in [1.29, 1.82) is 0 Å². The number of hydrogen-bond acceptors (Lipinski definition) is 4. The predicted molar refractivity (Wildman–Crippen MR) is 105 cm³/mol. The van der Waals surface area contributed by atoms with Crippen molar-refractivity contribution in [2.24, 2.45) is 0 Å². The van der Waals surface area contributed by atoms with Crippen molar-refractivity contribution >= 4 is 11.0 Å². The van der Waals surface area contributed by atoms with E-state index in [9.17, 15) is 0 Å². The van der Waals surface area contributed by atoms with Crippen molar-refractivity contribution in [1.82, 2.24) is 14.9 Å². The highest BCUT2D eigenvalue weighted by atomic mass is 16.6. The SMILES string of the molecule is Cc1cnc2[nH]c(C3CC3)c(CN(C)C[C@@H]3COc4ccccc4O3)c2c1. The number of aryl methyl sites for hydroxylation is 1. The second kappa shape index (κ2) is 6.57. The summed E-state index contributed by atoms with van der Waals surface area (Å²) in [6, 6.07) is 10.1. The summed E-state index contributed by atoms with van der Waals surface area (Å²) < 4.78 is 12.0. The molecule has 2 aliphatic rings. The van der Waals surface area contributed by atoms with Crippen LogP contribution in [-0.2, 0) is 6.54 Å². The number of nitrogens with zero attached hydrogens (tertiary/aromatic N) is 2. The summed E-state index contributed by atoms with van der Waals surface area (Å²) in [6.45, 7) is 4.41. The van der Waals surface area contributed by atoms with Crippen LogP contribution in [0.15, 0.2) is 36.5 Å². The molecule has 2 aromatic heterocycles. The van der Waals surface area contributed by atoms with E-state index in [2.05, 4.69) is 34.9 Å². The third-order valence-electron chi connectivity index (χ3n) is 5.42. The Morgan fingerprint density at radius 1 is 1.22 bits per heavy atom. The number of aromatic nitrogens is 2. The highest BCUT2D eigenvalue weighted by Crippen LogP contribution is 2.43. The number of para-hydroxylation sites is 2. The molecule has 1 saturated carbocycles. The van der Waals surface area contributed by atoms with Crippen LogP contribution in [0.25, 0.3) is 11.0 Å². The highest BCUT2D eigenvalue weighted by Gasteiger charge is 2.30. The van der Waals surface area contributed by atoms with Gasteiger partial charge in [0.2, 0.25) is 0 Å². The molecule has 0 unspecified atom stereocenters. The van der Waals surface area contributed by atoms with Gasteiger partial charge in [0.05, 0.1) is 0 Å². The van der Waals surface area contributed by atoms with Gasteiger partial charge in [-0.25, -0.2) is 4.98 Å². The number of benzene rings is 1. The normalized spacial score (nSPS) is 19.0. The lowest BCUT2D eigenvalue weighted by Gasteiger charge is -2.29. The third kappa shape index (κ3) is 3.28. The molecule has 0 bridgehead atoms. The molecule has 5 rings (SSSR count). The molecule has 1 fully saturated rings. The van der Waals surface area contributed by atoms with Crippen molar-refractivity contribution in [3.63, 3.8) is 0 Å². The molecule has 0 radical (unpaired) electrons. The van der Waals surface area contributed by atoms with Gasteiger partial charge in [-0.05, 0) is 62.1 Å². The summed E-state index contributed by atoms with van der Waals surface area (Å²) in [6.07, 6.45) is 4.53. The van der Waals surface area contributed by atoms with Gasteiger partial charge in [-0.3, -0.25) is 4.90 Å². The van der Waals surface area contributed by atoms with Gasteiger partial charge in [0.25, 0.3) is 0 Å². The molecule has 3 heterocycles. The van der Waals surface area contributed by atoms with Crippen LogP contribution in [0.2, 0.25) is 0 Å². The molecule has 1 atom stereocenters. The minimum Gasteiger partial charge on any atom is -0.486 e. The molecule has 0 amide bonds. The van der Waals surface area contributed by atoms with Crippen molar-refractivity contribution in [2.45, 2.75) is 38.3 Å². The number of likely N-dealkylation sites (N-methyl/N-ethyl adjacent to an activating group) is 1. The molecule has 0 spiro atoms. The predicted octanol–water partition coefficient (Wildman–Crippen LogP) is 4.02. The van der Waals surface area contributed by atoms with Gasteiger partial charge < -0.3 is 14.5 Å². The minimum absolute atomic E-state index is 0.0411. The number of hydrogen-bond donors (Lipinski definition) is 1. The quantitative estimate of drug-likeness (QED) is 0.744. The van der Waals surface area contributed by atoms with Crippen LogP contribution >= 0.6 is 0 Å². The van der Waals surface area contributed by atoms with Gasteiger partial charge in [0.15, 0.2) is 11.5 Å². The lowest BCUT2D eigenvalue weighted by molar-refractivity contribution is 0.0638. The maximum atomic E-state index is 6.13. The summed E-state index contributed by atoms with van der Waals surface area (Å²) >= 11 is 0. The first-order chi connectivity index (χ1) is 13.2. The fraction of sp³-hybridized carbons (Fsp3) is 0.409. The summed E-state index contributed by atoms with van der Waals surface area (Å²) in [7, 11) is 2.16. The largest absolute Gasteiger partial charge is 0.486 e. The van der Waals surface area contributed by atoms with E-state index < -0.39 is 0 Å². The zero-order chi connectivity index (χ0) is 18.4. The number of ether oxygens (including phenoxy) is 2. The zero-order valence-corrected chi connectivity index (χ0v) is 15.9. The zero-order valence-electron chi connectivity index (χ0n) is 15.9. The molecule has 1 aliphatic carbocycles. The van der Waals surface area contributed by atoms with E-state index in [-0.39, 0.29) is 6.10 Å². The van der Waals surface area contributed by atoms with E-state index in [1.807, 2.05) is 30.5 Å². The number of aromatic amines is 1. The van der Waals surface area contributed by atoms with Crippen LogP contribution < -0.4 is 9.47 Å². The summed E-state index contributed by atoms with van der Waals surface area (Å²) in [5.41, 5.74) is 4.98. The van der Waals surface area contributed by atoms with Crippen LogP contribution in [-0.4, -0.2) is 41.2 Å². The molecule has 5 nitrogen and oxygen atoms in total. The second-order valence-electron chi connectivity index (χ2n) is 7.89. The van der Waals surface area contributed by atoms with Crippen LogP contribution in [0.1, 0.15) is 35.6 Å². The van der Waals surface area contributed by atoms with Gasteiger partial charge >= 0.3 is 0 Å². The van der Waals surface area contributed by atoms with Crippen molar-refractivity contribution in [2.75, 3.05) is 20.2 Å². The number of H-pyrrole nitrogens is 1. The summed E-state index contributed by atoms with van der Waals surface area (Å²) in [5, 5.41) is 1.26. The lowest BCUT2D eigenvalue weighted by Crippen LogP contribution is -2.39. The molecule has 1 aliphatic heterocycles. The molecule has 1 aromatic carbocycles. The molecular formula is C22H25N3O2. The topological polar surface area (TPSA) is 50.4 Å². The Bertz CT molecular complexity index is 977. The molecule has 140 valence electrons. The molecule has 1 N–H and O–H groups in total. The molecule has 0 saturated heterocycles. The van der Waals surface area contributed by atoms with Gasteiger partial charge in [-0.2, -0.15) is 0 Å². The average Bonchev–Trinajstić information content (AvgIpc) is 3.45. The van der Waals surface area contributed by atoms with Gasteiger partial charge in [-0.1, -0.05) is 12.1 Å². The monoisotopic (exact) mass is 363 g/mol. The fourth-order valence-electron chi connectivity index (χ4n) is 3.97. The lowest BCUT2D eigenvalue weighted by atomic mass is 10.1. The van der Waals surface area contributed by atoms with Crippen LogP contribution in [0, 0.1) is 6.92 Å². The fourth-order valence-corrected chi connectivity index (χ4v) is 3.97. The Morgan fingerprint density at radius 2 is 2.04 bits per heavy atom. The van der Waals surface area contributed by atoms with Crippen molar-refractivity contribution < 1.29 is 9.47 Å². The minimum atomic E-state index is 0.0411. The third-order valence-corrected chi connectivity index (χ3v) is 5.42. The Labute approximate surface area is 159 Å². The first kappa shape index (κ1) is 16.6. The maximum absolute atomic E-state index is 6.13. The number of fused-ring (bicyclic) bond motifs is 2. The highest BCUT2D eigenvalue weighted by molar-refractivity contribution is 5.82. The first-order valence-electron chi connectivity index (χ1n) is 9.71. The van der Waals surface area contributed by atoms with E-state index in [4.69, 9.17) is 9.47 Å². The smallest absolute Gasteiger partial charge is 0.161 e. The molecule has 3 aromatic rings. The van der Waals surface area contributed by atoms with Gasteiger partial charge in [0.1, 0.15) is 18.4 Å². The molecule has 5 heteroatoms. The second-order valence-corrected chi connectivity index (χ2v) is 7.89. The molecule has 27 heavy (non-hydrogen) atoms. The number of pyridine rings is 1. The van der Waals surface area contributed by atoms with E-state index in [0.717, 1.165) is 30.2 Å². The van der Waals surface area contributed by atoms with Crippen LogP contribution in [0.5, 0.6) is 11.5 Å².